The number of benzene rings is 3. The van der Waals surface area contributed by atoms with Crippen LogP contribution in [0.15, 0.2) is 54.6 Å². The van der Waals surface area contributed by atoms with Crippen molar-refractivity contribution in [1.29, 1.82) is 0 Å². The SMILES string of the molecule is CCOC(CC(N)=O)c1ccc2c(c1)NC(=O)c1ccc(-c3ccc([N+](=O)[O-])c(OC)c3)cc1N2. The molecule has 1 atom stereocenters. The van der Waals surface area contributed by atoms with Crippen molar-refractivity contribution >= 4 is 34.6 Å². The van der Waals surface area contributed by atoms with E-state index in [1.54, 1.807) is 42.5 Å². The van der Waals surface area contributed by atoms with Gasteiger partial charge in [-0.1, -0.05) is 12.1 Å². The van der Waals surface area contributed by atoms with Crippen molar-refractivity contribution in [3.8, 4) is 16.9 Å². The number of rotatable bonds is 8. The first-order valence-corrected chi connectivity index (χ1v) is 10.9. The van der Waals surface area contributed by atoms with Crippen molar-refractivity contribution in [2.24, 2.45) is 5.73 Å². The maximum atomic E-state index is 13.0. The Labute approximate surface area is 201 Å². The van der Waals surface area contributed by atoms with Gasteiger partial charge in [0.1, 0.15) is 0 Å². The van der Waals surface area contributed by atoms with Gasteiger partial charge in [0.05, 0.1) is 47.2 Å². The molecule has 0 saturated heterocycles. The molecule has 35 heavy (non-hydrogen) atoms. The predicted molar refractivity (Wildman–Crippen MR) is 131 cm³/mol. The Bertz CT molecular complexity index is 1320. The van der Waals surface area contributed by atoms with Gasteiger partial charge in [-0.2, -0.15) is 0 Å². The summed E-state index contributed by atoms with van der Waals surface area (Å²) in [6.07, 6.45) is -0.495. The summed E-state index contributed by atoms with van der Waals surface area (Å²) in [5.74, 6) is -0.645. The third kappa shape index (κ3) is 4.92. The van der Waals surface area contributed by atoms with E-state index in [1.807, 2.05) is 13.0 Å². The molecular formula is C25H24N4O6. The molecule has 1 aliphatic heterocycles. The average molecular weight is 476 g/mol. The number of primary amides is 1. The minimum Gasteiger partial charge on any atom is -0.490 e. The second-order valence-electron chi connectivity index (χ2n) is 7.90. The zero-order chi connectivity index (χ0) is 25.1. The van der Waals surface area contributed by atoms with Crippen molar-refractivity contribution in [3.63, 3.8) is 0 Å². The van der Waals surface area contributed by atoms with Gasteiger partial charge in [-0.05, 0) is 60.0 Å². The summed E-state index contributed by atoms with van der Waals surface area (Å²) in [5, 5.41) is 17.4. The van der Waals surface area contributed by atoms with Gasteiger partial charge in [-0.15, -0.1) is 0 Å². The zero-order valence-corrected chi connectivity index (χ0v) is 19.2. The first-order chi connectivity index (χ1) is 16.8. The fraction of sp³-hybridized carbons (Fsp3) is 0.200. The minimum absolute atomic E-state index is 0.0241. The summed E-state index contributed by atoms with van der Waals surface area (Å²) >= 11 is 0. The molecule has 0 saturated carbocycles. The summed E-state index contributed by atoms with van der Waals surface area (Å²) in [6.45, 7) is 2.23. The monoisotopic (exact) mass is 476 g/mol. The Hall–Kier alpha value is -4.44. The Morgan fingerprint density at radius 1 is 1.03 bits per heavy atom. The van der Waals surface area contributed by atoms with Gasteiger partial charge in [0.2, 0.25) is 5.91 Å². The smallest absolute Gasteiger partial charge is 0.310 e. The molecule has 0 spiro atoms. The summed E-state index contributed by atoms with van der Waals surface area (Å²) in [5.41, 5.74) is 9.60. The number of fused-ring (bicyclic) bond motifs is 2. The molecule has 10 nitrogen and oxygen atoms in total. The van der Waals surface area contributed by atoms with Crippen LogP contribution in [0.2, 0.25) is 0 Å². The fourth-order valence-electron chi connectivity index (χ4n) is 4.00. The summed E-state index contributed by atoms with van der Waals surface area (Å²) < 4.78 is 10.8. The number of nitrogens with two attached hydrogens (primary N) is 1. The summed E-state index contributed by atoms with van der Waals surface area (Å²) in [4.78, 5) is 35.1. The number of carbonyl (C=O) groups is 2. The molecule has 0 radical (unpaired) electrons. The lowest BCUT2D eigenvalue weighted by atomic mass is 10.0. The molecule has 180 valence electrons. The van der Waals surface area contributed by atoms with Crippen LogP contribution in [-0.2, 0) is 9.53 Å². The molecule has 10 heteroatoms. The van der Waals surface area contributed by atoms with Crippen LogP contribution < -0.4 is 21.1 Å². The third-order valence-electron chi connectivity index (χ3n) is 5.66. The predicted octanol–water partition coefficient (Wildman–Crippen LogP) is 4.53. The second-order valence-corrected chi connectivity index (χ2v) is 7.90. The van der Waals surface area contributed by atoms with Crippen LogP contribution in [0.3, 0.4) is 0 Å². The van der Waals surface area contributed by atoms with Crippen LogP contribution in [0.4, 0.5) is 22.7 Å². The highest BCUT2D eigenvalue weighted by Gasteiger charge is 2.23. The van der Waals surface area contributed by atoms with E-state index in [9.17, 15) is 19.7 Å². The van der Waals surface area contributed by atoms with Gasteiger partial charge < -0.3 is 25.8 Å². The second kappa shape index (κ2) is 9.82. The zero-order valence-electron chi connectivity index (χ0n) is 19.2. The van der Waals surface area contributed by atoms with Crippen molar-refractivity contribution < 1.29 is 24.0 Å². The molecule has 0 fully saturated rings. The molecular weight excluding hydrogens is 452 g/mol. The number of ether oxygens (including phenoxy) is 2. The Kier molecular flexibility index (Phi) is 6.65. The Morgan fingerprint density at radius 2 is 1.77 bits per heavy atom. The standard InChI is InChI=1S/C25H24N4O6/c1-3-35-22(13-24(26)30)16-5-8-18-20(11-16)28-25(31)17-7-4-14(10-19(17)27-18)15-6-9-21(29(32)33)23(12-15)34-2/h4-12,22,27H,3,13H2,1-2H3,(H2,26,30)(H,28,31). The quantitative estimate of drug-likeness (QED) is 0.320. The van der Waals surface area contributed by atoms with Crippen molar-refractivity contribution in [1.82, 2.24) is 0 Å². The van der Waals surface area contributed by atoms with E-state index in [2.05, 4.69) is 10.6 Å². The van der Waals surface area contributed by atoms with Gasteiger partial charge in [0, 0.05) is 12.7 Å². The molecule has 0 aromatic heterocycles. The fourth-order valence-corrected chi connectivity index (χ4v) is 4.00. The first kappa shape index (κ1) is 23.7. The van der Waals surface area contributed by atoms with Crippen molar-refractivity contribution in [2.75, 3.05) is 24.4 Å². The number of nitrogens with one attached hydrogen (secondary N) is 2. The van der Waals surface area contributed by atoms with Crippen molar-refractivity contribution in [2.45, 2.75) is 19.4 Å². The van der Waals surface area contributed by atoms with E-state index in [-0.39, 0.29) is 23.8 Å². The van der Waals surface area contributed by atoms with Crippen LogP contribution in [0.25, 0.3) is 11.1 Å². The molecule has 2 amide bonds. The lowest BCUT2D eigenvalue weighted by molar-refractivity contribution is -0.385. The maximum absolute atomic E-state index is 13.0. The maximum Gasteiger partial charge on any atom is 0.310 e. The number of nitrogens with zero attached hydrogens (tertiary/aromatic N) is 1. The van der Waals surface area contributed by atoms with Gasteiger partial charge in [0.15, 0.2) is 5.75 Å². The van der Waals surface area contributed by atoms with Crippen LogP contribution in [0, 0.1) is 10.1 Å². The van der Waals surface area contributed by atoms with E-state index in [0.717, 1.165) is 11.1 Å². The highest BCUT2D eigenvalue weighted by atomic mass is 16.6. The average Bonchev–Trinajstić information content (AvgIpc) is 2.97. The lowest BCUT2D eigenvalue weighted by Crippen LogP contribution is -2.17. The molecule has 4 N–H and O–H groups in total. The number of carbonyl (C=O) groups excluding carboxylic acids is 2. The number of methoxy groups -OCH3 is 1. The van der Waals surface area contributed by atoms with Crippen LogP contribution >= 0.6 is 0 Å². The minimum atomic E-state index is -0.519. The third-order valence-corrected chi connectivity index (χ3v) is 5.66. The molecule has 3 aromatic carbocycles. The number of hydrogen-bond donors (Lipinski definition) is 3. The molecule has 4 rings (SSSR count). The van der Waals surface area contributed by atoms with Gasteiger partial charge in [0.25, 0.3) is 5.91 Å². The number of hydrogen-bond acceptors (Lipinski definition) is 7. The molecule has 1 unspecified atom stereocenters. The number of nitro groups is 1. The van der Waals surface area contributed by atoms with Gasteiger partial charge >= 0.3 is 5.69 Å². The van der Waals surface area contributed by atoms with Crippen LogP contribution in [0.5, 0.6) is 5.75 Å². The lowest BCUT2D eigenvalue weighted by Gasteiger charge is -2.18. The van der Waals surface area contributed by atoms with Crippen LogP contribution in [0.1, 0.15) is 35.4 Å². The molecule has 0 bridgehead atoms. The van der Waals surface area contributed by atoms with Crippen LogP contribution in [-0.4, -0.2) is 30.5 Å². The topological polar surface area (TPSA) is 146 Å². The largest absolute Gasteiger partial charge is 0.490 e. The van der Waals surface area contributed by atoms with Crippen molar-refractivity contribution in [3.05, 3.63) is 75.8 Å². The number of nitro benzene ring substituents is 1. The van der Waals surface area contributed by atoms with Gasteiger partial charge in [-0.3, -0.25) is 19.7 Å². The summed E-state index contributed by atoms with van der Waals surface area (Å²) in [7, 11) is 1.37. The normalized spacial score (nSPS) is 12.9. The molecule has 3 aromatic rings. The van der Waals surface area contributed by atoms with E-state index in [1.165, 1.54) is 13.2 Å². The van der Waals surface area contributed by atoms with E-state index in [0.29, 0.717) is 34.8 Å². The Morgan fingerprint density at radius 3 is 2.46 bits per heavy atom. The highest BCUT2D eigenvalue weighted by molar-refractivity contribution is 6.12. The van der Waals surface area contributed by atoms with Gasteiger partial charge in [-0.25, -0.2) is 0 Å². The Balaban J connectivity index is 1.69. The highest BCUT2D eigenvalue weighted by Crippen LogP contribution is 2.38. The number of anilines is 3. The van der Waals surface area contributed by atoms with E-state index < -0.39 is 16.9 Å². The number of amides is 2. The van der Waals surface area contributed by atoms with E-state index in [4.69, 9.17) is 15.2 Å². The molecule has 1 heterocycles. The molecule has 0 aliphatic carbocycles. The van der Waals surface area contributed by atoms with E-state index >= 15 is 0 Å². The summed E-state index contributed by atoms with van der Waals surface area (Å²) in [6, 6.07) is 15.2. The molecule has 1 aliphatic rings. The first-order valence-electron chi connectivity index (χ1n) is 10.9.